The molecule has 0 spiro atoms. The third-order valence-corrected chi connectivity index (χ3v) is 3.55. The lowest BCUT2D eigenvalue weighted by atomic mass is 10.1. The van der Waals surface area contributed by atoms with E-state index in [4.69, 9.17) is 9.47 Å². The summed E-state index contributed by atoms with van der Waals surface area (Å²) in [4.78, 5) is 2.42. The summed E-state index contributed by atoms with van der Waals surface area (Å²) >= 11 is 0. The summed E-state index contributed by atoms with van der Waals surface area (Å²) in [6, 6.07) is 3.48. The second-order valence-electron chi connectivity index (χ2n) is 4.90. The molecule has 1 aromatic rings. The normalized spacial score (nSPS) is 16.8. The van der Waals surface area contributed by atoms with Crippen molar-refractivity contribution in [1.29, 1.82) is 0 Å². The standard InChI is InChI=1S/C14H18FNO2.C2H2/c15-12-9-11(3-1-4-16-5-2-6-16)10-13-14(12)18-8-7-17-13;1-2/h9-10H,1-8H2;1-2H. The zero-order valence-corrected chi connectivity index (χ0v) is 11.6. The van der Waals surface area contributed by atoms with Crippen LogP contribution in [0.2, 0.25) is 0 Å². The zero-order chi connectivity index (χ0) is 14.4. The predicted octanol–water partition coefficient (Wildman–Crippen LogP) is 2.48. The van der Waals surface area contributed by atoms with Crippen molar-refractivity contribution >= 4 is 0 Å². The first kappa shape index (κ1) is 14.7. The summed E-state index contributed by atoms with van der Waals surface area (Å²) in [6.07, 6.45) is 11.3. The highest BCUT2D eigenvalue weighted by Gasteiger charge is 2.18. The SMILES string of the molecule is C#C.Fc1cc(CCCN2CCC2)cc2c1OCCO2. The summed E-state index contributed by atoms with van der Waals surface area (Å²) in [5, 5.41) is 0. The van der Waals surface area contributed by atoms with Crippen LogP contribution in [0.1, 0.15) is 18.4 Å². The van der Waals surface area contributed by atoms with Crippen LogP contribution in [-0.2, 0) is 6.42 Å². The molecule has 0 amide bonds. The minimum Gasteiger partial charge on any atom is -0.486 e. The first-order valence-corrected chi connectivity index (χ1v) is 6.96. The fraction of sp³-hybridized carbons (Fsp3) is 0.500. The number of halogens is 1. The van der Waals surface area contributed by atoms with Crippen molar-refractivity contribution in [3.05, 3.63) is 23.5 Å². The molecule has 0 unspecified atom stereocenters. The van der Waals surface area contributed by atoms with Gasteiger partial charge in [-0.1, -0.05) is 0 Å². The zero-order valence-electron chi connectivity index (χ0n) is 11.6. The molecule has 4 heteroatoms. The predicted molar refractivity (Wildman–Crippen MR) is 76.7 cm³/mol. The van der Waals surface area contributed by atoms with Crippen LogP contribution in [-0.4, -0.2) is 37.7 Å². The van der Waals surface area contributed by atoms with Gasteiger partial charge in [0.05, 0.1) is 0 Å². The van der Waals surface area contributed by atoms with Gasteiger partial charge in [0.15, 0.2) is 17.3 Å². The van der Waals surface area contributed by atoms with Crippen molar-refractivity contribution in [3.63, 3.8) is 0 Å². The van der Waals surface area contributed by atoms with Gasteiger partial charge in [-0.2, -0.15) is 0 Å². The largest absolute Gasteiger partial charge is 0.486 e. The maximum absolute atomic E-state index is 13.8. The van der Waals surface area contributed by atoms with E-state index in [1.54, 1.807) is 6.07 Å². The van der Waals surface area contributed by atoms with E-state index in [9.17, 15) is 4.39 Å². The van der Waals surface area contributed by atoms with Crippen LogP contribution in [0.4, 0.5) is 4.39 Å². The smallest absolute Gasteiger partial charge is 0.197 e. The Morgan fingerprint density at radius 2 is 1.90 bits per heavy atom. The van der Waals surface area contributed by atoms with Gasteiger partial charge in [-0.05, 0) is 56.6 Å². The number of nitrogens with zero attached hydrogens (tertiary/aromatic N) is 1. The van der Waals surface area contributed by atoms with Crippen LogP contribution >= 0.6 is 0 Å². The molecule has 0 atom stereocenters. The molecule has 1 fully saturated rings. The van der Waals surface area contributed by atoms with Crippen LogP contribution in [0.15, 0.2) is 12.1 Å². The number of hydrogen-bond acceptors (Lipinski definition) is 3. The van der Waals surface area contributed by atoms with Gasteiger partial charge in [0.25, 0.3) is 0 Å². The highest BCUT2D eigenvalue weighted by atomic mass is 19.1. The molecule has 0 N–H and O–H groups in total. The lowest BCUT2D eigenvalue weighted by Crippen LogP contribution is -2.37. The van der Waals surface area contributed by atoms with E-state index >= 15 is 0 Å². The lowest BCUT2D eigenvalue weighted by molar-refractivity contribution is 0.164. The Balaban J connectivity index is 0.000000704. The Bertz CT molecular complexity index is 469. The number of aryl methyl sites for hydroxylation is 1. The van der Waals surface area contributed by atoms with Crippen LogP contribution in [0.3, 0.4) is 0 Å². The molecular weight excluding hydrogens is 257 g/mol. The molecule has 2 aliphatic heterocycles. The van der Waals surface area contributed by atoms with Gasteiger partial charge in [-0.25, -0.2) is 4.39 Å². The Morgan fingerprint density at radius 1 is 1.15 bits per heavy atom. The van der Waals surface area contributed by atoms with Gasteiger partial charge in [0.2, 0.25) is 0 Å². The fourth-order valence-electron chi connectivity index (χ4n) is 2.42. The molecule has 0 bridgehead atoms. The number of rotatable bonds is 4. The third kappa shape index (κ3) is 3.43. The lowest BCUT2D eigenvalue weighted by Gasteiger charge is -2.30. The second kappa shape index (κ2) is 7.16. The van der Waals surface area contributed by atoms with E-state index in [-0.39, 0.29) is 11.6 Å². The molecule has 1 aromatic carbocycles. The summed E-state index contributed by atoms with van der Waals surface area (Å²) in [5.41, 5.74) is 0.997. The van der Waals surface area contributed by atoms with Gasteiger partial charge in [0.1, 0.15) is 13.2 Å². The van der Waals surface area contributed by atoms with Gasteiger partial charge >= 0.3 is 0 Å². The highest BCUT2D eigenvalue weighted by molar-refractivity contribution is 5.45. The number of likely N-dealkylation sites (tertiary alicyclic amines) is 1. The molecule has 20 heavy (non-hydrogen) atoms. The number of benzene rings is 1. The molecule has 3 nitrogen and oxygen atoms in total. The average molecular weight is 277 g/mol. The number of terminal acetylenes is 1. The van der Waals surface area contributed by atoms with Crippen LogP contribution < -0.4 is 9.47 Å². The molecule has 108 valence electrons. The highest BCUT2D eigenvalue weighted by Crippen LogP contribution is 2.34. The molecule has 2 heterocycles. The van der Waals surface area contributed by atoms with Crippen molar-refractivity contribution < 1.29 is 13.9 Å². The fourth-order valence-corrected chi connectivity index (χ4v) is 2.42. The Morgan fingerprint density at radius 3 is 2.60 bits per heavy atom. The topological polar surface area (TPSA) is 21.7 Å². The summed E-state index contributed by atoms with van der Waals surface area (Å²) < 4.78 is 24.5. The first-order chi connectivity index (χ1) is 9.83. The minimum atomic E-state index is -0.300. The van der Waals surface area contributed by atoms with Gasteiger partial charge in [-0.15, -0.1) is 12.8 Å². The maximum atomic E-state index is 13.8. The third-order valence-electron chi connectivity index (χ3n) is 3.55. The molecule has 0 aromatic heterocycles. The summed E-state index contributed by atoms with van der Waals surface area (Å²) in [7, 11) is 0. The average Bonchev–Trinajstić information content (AvgIpc) is 2.44. The Kier molecular flexibility index (Phi) is 5.25. The van der Waals surface area contributed by atoms with E-state index < -0.39 is 0 Å². The Hall–Kier alpha value is -1.73. The van der Waals surface area contributed by atoms with Crippen LogP contribution in [0.5, 0.6) is 11.5 Å². The quantitative estimate of drug-likeness (QED) is 0.789. The van der Waals surface area contributed by atoms with Gasteiger partial charge < -0.3 is 14.4 Å². The second-order valence-corrected chi connectivity index (χ2v) is 4.90. The monoisotopic (exact) mass is 277 g/mol. The maximum Gasteiger partial charge on any atom is 0.197 e. The molecule has 3 rings (SSSR count). The molecule has 0 aliphatic carbocycles. The van der Waals surface area contributed by atoms with Crippen molar-refractivity contribution in [2.75, 3.05) is 32.8 Å². The molecule has 2 aliphatic rings. The number of hydrogen-bond donors (Lipinski definition) is 0. The van der Waals surface area contributed by atoms with Crippen LogP contribution in [0, 0.1) is 18.7 Å². The van der Waals surface area contributed by atoms with E-state index in [2.05, 4.69) is 17.7 Å². The number of fused-ring (bicyclic) bond motifs is 1. The molecular formula is C16H20FNO2. The molecule has 0 radical (unpaired) electrons. The molecule has 0 saturated carbocycles. The molecule has 1 saturated heterocycles. The minimum absolute atomic E-state index is 0.271. The van der Waals surface area contributed by atoms with Crippen molar-refractivity contribution in [3.8, 4) is 24.3 Å². The van der Waals surface area contributed by atoms with E-state index in [0.29, 0.717) is 19.0 Å². The summed E-state index contributed by atoms with van der Waals surface area (Å²) in [5.74, 6) is 0.527. The van der Waals surface area contributed by atoms with Crippen molar-refractivity contribution in [2.24, 2.45) is 0 Å². The van der Waals surface area contributed by atoms with E-state index in [0.717, 1.165) is 24.9 Å². The summed E-state index contributed by atoms with van der Waals surface area (Å²) in [6.45, 7) is 4.48. The number of ether oxygens (including phenoxy) is 2. The van der Waals surface area contributed by atoms with Gasteiger partial charge in [0, 0.05) is 0 Å². The van der Waals surface area contributed by atoms with Crippen molar-refractivity contribution in [1.82, 2.24) is 4.90 Å². The van der Waals surface area contributed by atoms with E-state index in [1.807, 2.05) is 6.07 Å². The van der Waals surface area contributed by atoms with E-state index in [1.165, 1.54) is 19.5 Å². The van der Waals surface area contributed by atoms with Crippen molar-refractivity contribution in [2.45, 2.75) is 19.3 Å². The first-order valence-electron chi connectivity index (χ1n) is 6.96. The Labute approximate surface area is 119 Å². The van der Waals surface area contributed by atoms with Gasteiger partial charge in [-0.3, -0.25) is 0 Å². The van der Waals surface area contributed by atoms with Crippen LogP contribution in [0.25, 0.3) is 0 Å².